The molecule has 32 heavy (non-hydrogen) atoms. The number of anilines is 1. The Morgan fingerprint density at radius 1 is 1.09 bits per heavy atom. The van der Waals surface area contributed by atoms with E-state index in [4.69, 9.17) is 9.47 Å². The SMILES string of the molecule is CCC1Oc2ccc(NC(=O)c3ccccc3)cc2CN(Cc2ccc(OC)cc2)C1=O. The maximum atomic E-state index is 13.1. The van der Waals surface area contributed by atoms with Gasteiger partial charge in [0.2, 0.25) is 0 Å². The summed E-state index contributed by atoms with van der Waals surface area (Å²) in [4.78, 5) is 27.5. The number of amides is 2. The summed E-state index contributed by atoms with van der Waals surface area (Å²) in [6.07, 6.45) is 0.0309. The predicted molar refractivity (Wildman–Crippen MR) is 123 cm³/mol. The lowest BCUT2D eigenvalue weighted by atomic mass is 10.1. The second kappa shape index (κ2) is 9.56. The van der Waals surface area contributed by atoms with E-state index in [0.717, 1.165) is 16.9 Å². The minimum Gasteiger partial charge on any atom is -0.497 e. The number of methoxy groups -OCH3 is 1. The Balaban J connectivity index is 1.57. The summed E-state index contributed by atoms with van der Waals surface area (Å²) in [5, 5.41) is 2.93. The molecule has 0 fully saturated rings. The van der Waals surface area contributed by atoms with Gasteiger partial charge < -0.3 is 19.7 Å². The van der Waals surface area contributed by atoms with E-state index < -0.39 is 6.10 Å². The van der Waals surface area contributed by atoms with Crippen LogP contribution >= 0.6 is 0 Å². The van der Waals surface area contributed by atoms with Crippen molar-refractivity contribution >= 4 is 17.5 Å². The Kier molecular flexibility index (Phi) is 6.40. The van der Waals surface area contributed by atoms with Gasteiger partial charge in [-0.15, -0.1) is 0 Å². The number of hydrogen-bond donors (Lipinski definition) is 1. The maximum absolute atomic E-state index is 13.1. The summed E-state index contributed by atoms with van der Waals surface area (Å²) in [7, 11) is 1.63. The summed E-state index contributed by atoms with van der Waals surface area (Å²) in [6, 6.07) is 22.2. The Labute approximate surface area is 187 Å². The Morgan fingerprint density at radius 3 is 2.53 bits per heavy atom. The number of benzene rings is 3. The molecular weight excluding hydrogens is 404 g/mol. The van der Waals surface area contributed by atoms with E-state index in [0.29, 0.717) is 36.5 Å². The van der Waals surface area contributed by atoms with E-state index in [9.17, 15) is 9.59 Å². The van der Waals surface area contributed by atoms with Gasteiger partial charge in [0.1, 0.15) is 11.5 Å². The van der Waals surface area contributed by atoms with Crippen LogP contribution in [-0.4, -0.2) is 29.9 Å². The molecule has 4 rings (SSSR count). The van der Waals surface area contributed by atoms with Crippen LogP contribution in [0.1, 0.15) is 34.8 Å². The first-order valence-electron chi connectivity index (χ1n) is 10.6. The number of fused-ring (bicyclic) bond motifs is 1. The molecule has 6 heteroatoms. The van der Waals surface area contributed by atoms with E-state index in [-0.39, 0.29) is 11.8 Å². The minimum atomic E-state index is -0.542. The van der Waals surface area contributed by atoms with E-state index in [1.165, 1.54) is 0 Å². The van der Waals surface area contributed by atoms with Gasteiger partial charge in [0.15, 0.2) is 6.10 Å². The zero-order valence-corrected chi connectivity index (χ0v) is 18.2. The molecule has 1 atom stereocenters. The molecule has 0 saturated carbocycles. The maximum Gasteiger partial charge on any atom is 0.264 e. The first-order valence-corrected chi connectivity index (χ1v) is 10.6. The molecule has 2 amide bonds. The van der Waals surface area contributed by atoms with Crippen LogP contribution in [0, 0.1) is 0 Å². The summed E-state index contributed by atoms with van der Waals surface area (Å²) >= 11 is 0. The lowest BCUT2D eigenvalue weighted by molar-refractivity contribution is -0.139. The van der Waals surface area contributed by atoms with Gasteiger partial charge >= 0.3 is 0 Å². The average Bonchev–Trinajstić information content (AvgIpc) is 2.96. The molecule has 1 aliphatic heterocycles. The summed E-state index contributed by atoms with van der Waals surface area (Å²) in [6.45, 7) is 2.79. The highest BCUT2D eigenvalue weighted by Gasteiger charge is 2.30. The van der Waals surface area contributed by atoms with Crippen molar-refractivity contribution in [1.82, 2.24) is 4.90 Å². The monoisotopic (exact) mass is 430 g/mol. The standard InChI is InChI=1S/C26H26N2O4/c1-3-23-26(30)28(16-18-9-12-22(31-2)13-10-18)17-20-15-21(11-14-24(20)32-23)27-25(29)19-7-5-4-6-8-19/h4-15,23H,3,16-17H2,1-2H3,(H,27,29). The third-order valence-corrected chi connectivity index (χ3v) is 5.48. The fraction of sp³-hybridized carbons (Fsp3) is 0.231. The van der Waals surface area contributed by atoms with Crippen molar-refractivity contribution in [1.29, 1.82) is 0 Å². The molecular formula is C26H26N2O4. The largest absolute Gasteiger partial charge is 0.497 e. The summed E-state index contributed by atoms with van der Waals surface area (Å²) < 4.78 is 11.3. The molecule has 0 spiro atoms. The first kappa shape index (κ1) is 21.4. The van der Waals surface area contributed by atoms with Gasteiger partial charge in [0.25, 0.3) is 11.8 Å². The van der Waals surface area contributed by atoms with Crippen LogP contribution in [0.2, 0.25) is 0 Å². The zero-order chi connectivity index (χ0) is 22.5. The fourth-order valence-corrected chi connectivity index (χ4v) is 3.72. The van der Waals surface area contributed by atoms with Gasteiger partial charge in [-0.3, -0.25) is 9.59 Å². The number of carbonyl (C=O) groups is 2. The van der Waals surface area contributed by atoms with Crippen molar-refractivity contribution in [3.8, 4) is 11.5 Å². The number of nitrogens with zero attached hydrogens (tertiary/aromatic N) is 1. The van der Waals surface area contributed by atoms with Crippen molar-refractivity contribution in [2.75, 3.05) is 12.4 Å². The normalized spacial score (nSPS) is 15.4. The van der Waals surface area contributed by atoms with E-state index in [2.05, 4.69) is 5.32 Å². The van der Waals surface area contributed by atoms with Gasteiger partial charge in [-0.2, -0.15) is 0 Å². The fourth-order valence-electron chi connectivity index (χ4n) is 3.72. The van der Waals surface area contributed by atoms with E-state index >= 15 is 0 Å². The molecule has 1 heterocycles. The molecule has 3 aromatic rings. The van der Waals surface area contributed by atoms with Crippen molar-refractivity contribution in [3.63, 3.8) is 0 Å². The van der Waals surface area contributed by atoms with E-state index in [1.54, 1.807) is 30.2 Å². The van der Waals surface area contributed by atoms with Crippen LogP contribution in [0.15, 0.2) is 72.8 Å². The lowest BCUT2D eigenvalue weighted by Gasteiger charge is -2.23. The summed E-state index contributed by atoms with van der Waals surface area (Å²) in [5.74, 6) is 1.21. The topological polar surface area (TPSA) is 67.9 Å². The summed E-state index contributed by atoms with van der Waals surface area (Å²) in [5.41, 5.74) is 3.11. The van der Waals surface area contributed by atoms with Crippen LogP contribution < -0.4 is 14.8 Å². The van der Waals surface area contributed by atoms with Gasteiger partial charge in [0.05, 0.1) is 7.11 Å². The highest BCUT2D eigenvalue weighted by molar-refractivity contribution is 6.04. The second-order valence-electron chi connectivity index (χ2n) is 7.70. The quantitative estimate of drug-likeness (QED) is 0.618. The molecule has 0 bridgehead atoms. The average molecular weight is 431 g/mol. The highest BCUT2D eigenvalue weighted by Crippen LogP contribution is 2.30. The van der Waals surface area contributed by atoms with Gasteiger partial charge in [-0.1, -0.05) is 37.3 Å². The highest BCUT2D eigenvalue weighted by atomic mass is 16.5. The third-order valence-electron chi connectivity index (χ3n) is 5.48. The molecule has 0 saturated heterocycles. The lowest BCUT2D eigenvalue weighted by Crippen LogP contribution is -2.38. The van der Waals surface area contributed by atoms with Crippen LogP contribution in [0.4, 0.5) is 5.69 Å². The van der Waals surface area contributed by atoms with Crippen molar-refractivity contribution in [2.45, 2.75) is 32.5 Å². The minimum absolute atomic E-state index is 0.0469. The molecule has 6 nitrogen and oxygen atoms in total. The van der Waals surface area contributed by atoms with Crippen LogP contribution in [-0.2, 0) is 17.9 Å². The molecule has 1 aliphatic rings. The molecule has 1 unspecified atom stereocenters. The van der Waals surface area contributed by atoms with Crippen LogP contribution in [0.5, 0.6) is 11.5 Å². The van der Waals surface area contributed by atoms with Gasteiger partial charge in [-0.05, 0) is 54.4 Å². The van der Waals surface area contributed by atoms with Crippen molar-refractivity contribution in [3.05, 3.63) is 89.5 Å². The van der Waals surface area contributed by atoms with Crippen LogP contribution in [0.3, 0.4) is 0 Å². The molecule has 164 valence electrons. The molecule has 3 aromatic carbocycles. The molecule has 0 radical (unpaired) electrons. The Bertz CT molecular complexity index is 1100. The van der Waals surface area contributed by atoms with Crippen molar-refractivity contribution < 1.29 is 19.1 Å². The number of hydrogen-bond acceptors (Lipinski definition) is 4. The molecule has 0 aliphatic carbocycles. The third kappa shape index (κ3) is 4.75. The number of ether oxygens (including phenoxy) is 2. The molecule has 0 aromatic heterocycles. The smallest absolute Gasteiger partial charge is 0.264 e. The van der Waals surface area contributed by atoms with E-state index in [1.807, 2.05) is 61.5 Å². The zero-order valence-electron chi connectivity index (χ0n) is 18.2. The Hall–Kier alpha value is -3.80. The number of rotatable bonds is 6. The van der Waals surface area contributed by atoms with Crippen molar-refractivity contribution in [2.24, 2.45) is 0 Å². The first-order chi connectivity index (χ1) is 15.6. The molecule has 1 N–H and O–H groups in total. The van der Waals surface area contributed by atoms with Gasteiger partial charge in [0, 0.05) is 29.9 Å². The second-order valence-corrected chi connectivity index (χ2v) is 7.70. The predicted octanol–water partition coefficient (Wildman–Crippen LogP) is 4.65. The number of carbonyl (C=O) groups excluding carboxylic acids is 2. The Morgan fingerprint density at radius 2 is 1.84 bits per heavy atom. The number of nitrogens with one attached hydrogen (secondary N) is 1. The van der Waals surface area contributed by atoms with Gasteiger partial charge in [-0.25, -0.2) is 0 Å². The van der Waals surface area contributed by atoms with Crippen LogP contribution in [0.25, 0.3) is 0 Å².